The molecule has 1 amide bonds. The minimum absolute atomic E-state index is 0.0217. The molecule has 2 unspecified atom stereocenters. The van der Waals surface area contributed by atoms with Crippen LogP contribution in [0.1, 0.15) is 47.3 Å². The first-order valence-electron chi connectivity index (χ1n) is 11.1. The summed E-state index contributed by atoms with van der Waals surface area (Å²) in [7, 11) is 5.27. The molecule has 2 aromatic rings. The number of aryl methyl sites for hydroxylation is 2. The van der Waals surface area contributed by atoms with E-state index in [2.05, 4.69) is 32.7 Å². The topological polar surface area (TPSA) is 92.9 Å². The van der Waals surface area contributed by atoms with Gasteiger partial charge in [0.1, 0.15) is 18.3 Å². The Hall–Kier alpha value is -2.65. The molecule has 7 nitrogen and oxygen atoms in total. The van der Waals surface area contributed by atoms with Crippen molar-refractivity contribution in [2.75, 3.05) is 26.5 Å². The number of fused-ring (bicyclic) bond motifs is 1. The van der Waals surface area contributed by atoms with E-state index in [0.29, 0.717) is 18.7 Å². The number of nitrogens with one attached hydrogen (secondary N) is 2. The zero-order valence-electron chi connectivity index (χ0n) is 18.8. The highest BCUT2D eigenvalue weighted by Gasteiger charge is 2.53. The molecule has 4 rings (SSSR count). The summed E-state index contributed by atoms with van der Waals surface area (Å²) in [6.07, 6.45) is 5.61. The van der Waals surface area contributed by atoms with Gasteiger partial charge in [0, 0.05) is 18.5 Å². The van der Waals surface area contributed by atoms with Crippen LogP contribution < -0.4 is 20.9 Å². The number of aromatic nitrogens is 2. The standard InChI is InChI=1S/C23H30F2N6O/c1-27-20-17(8-5-11-23(20,24)25)31(2,3)18-13-28-19(21(26)32)22(30-18)29-16-10-9-14-6-4-7-15(14)12-16/h9-10,12-13,17,20,27H,4-8,11H2,1-3H3,(H2-,26,29,30,32)/p+1. The van der Waals surface area contributed by atoms with Crippen molar-refractivity contribution in [1.29, 1.82) is 0 Å². The molecule has 0 aliphatic heterocycles. The number of anilines is 2. The number of hydrogen-bond donors (Lipinski definition) is 3. The van der Waals surface area contributed by atoms with E-state index in [1.54, 1.807) is 7.05 Å². The van der Waals surface area contributed by atoms with Crippen molar-refractivity contribution in [3.63, 3.8) is 0 Å². The maximum Gasteiger partial charge on any atom is 0.271 e. The summed E-state index contributed by atoms with van der Waals surface area (Å²) in [4.78, 5) is 21.0. The number of carbonyl (C=O) groups is 1. The zero-order chi connectivity index (χ0) is 23.1. The van der Waals surface area contributed by atoms with Crippen LogP contribution in [0.25, 0.3) is 0 Å². The quantitative estimate of drug-likeness (QED) is 0.594. The van der Waals surface area contributed by atoms with Crippen LogP contribution in [-0.2, 0) is 12.8 Å². The molecule has 2 atom stereocenters. The Labute approximate surface area is 187 Å². The molecule has 2 aliphatic carbocycles. The van der Waals surface area contributed by atoms with Crippen LogP contribution in [-0.4, -0.2) is 55.0 Å². The molecule has 0 bridgehead atoms. The summed E-state index contributed by atoms with van der Waals surface area (Å²) >= 11 is 0. The third kappa shape index (κ3) is 4.06. The number of nitrogens with two attached hydrogens (primary N) is 1. The molecular formula is C23H31F2N6O+. The first-order valence-corrected chi connectivity index (χ1v) is 11.1. The van der Waals surface area contributed by atoms with Gasteiger partial charge >= 0.3 is 0 Å². The molecule has 1 heterocycles. The van der Waals surface area contributed by atoms with Gasteiger partial charge in [0.2, 0.25) is 5.82 Å². The number of primary amides is 1. The molecule has 0 saturated heterocycles. The molecule has 1 fully saturated rings. The van der Waals surface area contributed by atoms with Crippen molar-refractivity contribution in [1.82, 2.24) is 19.8 Å². The normalized spacial score (nSPS) is 22.4. The minimum Gasteiger partial charge on any atom is -0.364 e. The molecule has 1 saturated carbocycles. The highest BCUT2D eigenvalue weighted by atomic mass is 19.3. The number of amides is 1. The van der Waals surface area contributed by atoms with Crippen molar-refractivity contribution in [2.24, 2.45) is 5.73 Å². The lowest BCUT2D eigenvalue weighted by atomic mass is 9.85. The largest absolute Gasteiger partial charge is 0.364 e. The van der Waals surface area contributed by atoms with Crippen molar-refractivity contribution < 1.29 is 13.6 Å². The third-order valence-electron chi connectivity index (χ3n) is 6.93. The molecule has 2 aliphatic rings. The van der Waals surface area contributed by atoms with E-state index in [0.717, 1.165) is 24.9 Å². The molecule has 4 N–H and O–H groups in total. The van der Waals surface area contributed by atoms with Gasteiger partial charge in [0.15, 0.2) is 11.5 Å². The van der Waals surface area contributed by atoms with E-state index in [9.17, 15) is 13.6 Å². The van der Waals surface area contributed by atoms with Crippen molar-refractivity contribution in [2.45, 2.75) is 56.5 Å². The van der Waals surface area contributed by atoms with Crippen LogP contribution in [0.4, 0.5) is 26.1 Å². The monoisotopic (exact) mass is 445 g/mol. The minimum atomic E-state index is -2.81. The first kappa shape index (κ1) is 22.5. The molecule has 172 valence electrons. The van der Waals surface area contributed by atoms with E-state index in [-0.39, 0.29) is 22.4 Å². The number of alkyl halides is 2. The Morgan fingerprint density at radius 1 is 1.22 bits per heavy atom. The molecular weight excluding hydrogens is 414 g/mol. The highest BCUT2D eigenvalue weighted by Crippen LogP contribution is 2.39. The summed E-state index contributed by atoms with van der Waals surface area (Å²) in [6.45, 7) is 0. The van der Waals surface area contributed by atoms with Gasteiger partial charge in [0.25, 0.3) is 11.8 Å². The number of hydrogen-bond acceptors (Lipinski definition) is 5. The zero-order valence-corrected chi connectivity index (χ0v) is 18.8. The fourth-order valence-corrected chi connectivity index (χ4v) is 5.13. The highest BCUT2D eigenvalue weighted by molar-refractivity contribution is 5.96. The van der Waals surface area contributed by atoms with Gasteiger partial charge in [-0.2, -0.15) is 4.98 Å². The number of halogens is 2. The summed E-state index contributed by atoms with van der Waals surface area (Å²) in [6, 6.07) is 4.68. The fraction of sp³-hybridized carbons (Fsp3) is 0.522. The first-order chi connectivity index (χ1) is 15.1. The lowest BCUT2D eigenvalue weighted by molar-refractivity contribution is -0.0860. The smallest absolute Gasteiger partial charge is 0.271 e. The van der Waals surface area contributed by atoms with Gasteiger partial charge in [-0.3, -0.25) is 9.28 Å². The van der Waals surface area contributed by atoms with Crippen molar-refractivity contribution in [3.8, 4) is 0 Å². The SMILES string of the molecule is CNC1C([N+](C)(C)c2cnc(C(N)=O)c(Nc3ccc4c(c3)CCC4)n2)CCCC1(F)F. The molecule has 1 aromatic carbocycles. The average molecular weight is 446 g/mol. The van der Waals surface area contributed by atoms with Gasteiger partial charge < -0.3 is 16.4 Å². The van der Waals surface area contributed by atoms with Gasteiger partial charge in [-0.1, -0.05) is 6.07 Å². The van der Waals surface area contributed by atoms with Crippen LogP contribution >= 0.6 is 0 Å². The summed E-state index contributed by atoms with van der Waals surface area (Å²) in [5.41, 5.74) is 8.97. The number of likely N-dealkylation sites (N-methyl/N-ethyl adjacent to an activating group) is 2. The van der Waals surface area contributed by atoms with Crippen LogP contribution in [0, 0.1) is 0 Å². The van der Waals surface area contributed by atoms with E-state index in [4.69, 9.17) is 5.73 Å². The van der Waals surface area contributed by atoms with Crippen LogP contribution in [0.2, 0.25) is 0 Å². The molecule has 9 heteroatoms. The Balaban J connectivity index is 1.70. The number of carbonyl (C=O) groups excluding carboxylic acids is 1. The lowest BCUT2D eigenvalue weighted by Crippen LogP contribution is -2.66. The average Bonchev–Trinajstić information content (AvgIpc) is 3.20. The fourth-order valence-electron chi connectivity index (χ4n) is 5.13. The summed E-state index contributed by atoms with van der Waals surface area (Å²) in [5, 5.41) is 6.02. The predicted molar refractivity (Wildman–Crippen MR) is 121 cm³/mol. The van der Waals surface area contributed by atoms with Crippen molar-refractivity contribution in [3.05, 3.63) is 41.2 Å². The van der Waals surface area contributed by atoms with Crippen molar-refractivity contribution >= 4 is 23.2 Å². The van der Waals surface area contributed by atoms with Crippen LogP contribution in [0.15, 0.2) is 24.4 Å². The summed E-state index contributed by atoms with van der Waals surface area (Å²) in [5.74, 6) is -2.78. The summed E-state index contributed by atoms with van der Waals surface area (Å²) < 4.78 is 29.4. The molecule has 1 aromatic heterocycles. The second-order valence-electron chi connectivity index (χ2n) is 9.28. The number of quaternary nitrogens is 1. The number of nitrogens with zero attached hydrogens (tertiary/aromatic N) is 3. The lowest BCUT2D eigenvalue weighted by Gasteiger charge is -2.45. The maximum atomic E-state index is 14.6. The van der Waals surface area contributed by atoms with E-state index in [1.807, 2.05) is 20.2 Å². The Morgan fingerprint density at radius 2 is 1.97 bits per heavy atom. The Morgan fingerprint density at radius 3 is 2.69 bits per heavy atom. The van der Waals surface area contributed by atoms with Crippen LogP contribution in [0.3, 0.4) is 0 Å². The second-order valence-corrected chi connectivity index (χ2v) is 9.28. The number of benzene rings is 1. The third-order valence-corrected chi connectivity index (χ3v) is 6.93. The van der Waals surface area contributed by atoms with Gasteiger partial charge in [-0.15, -0.1) is 0 Å². The maximum absolute atomic E-state index is 14.6. The molecule has 0 radical (unpaired) electrons. The van der Waals surface area contributed by atoms with Crippen LogP contribution in [0.5, 0.6) is 0 Å². The van der Waals surface area contributed by atoms with Gasteiger partial charge in [0.05, 0.1) is 14.1 Å². The Bertz CT molecular complexity index is 1030. The van der Waals surface area contributed by atoms with E-state index in [1.165, 1.54) is 17.3 Å². The molecule has 0 spiro atoms. The van der Waals surface area contributed by atoms with E-state index < -0.39 is 23.9 Å². The van der Waals surface area contributed by atoms with E-state index >= 15 is 0 Å². The predicted octanol–water partition coefficient (Wildman–Crippen LogP) is 3.15. The Kier molecular flexibility index (Phi) is 5.89. The van der Waals surface area contributed by atoms with Gasteiger partial charge in [-0.05, 0) is 56.0 Å². The van der Waals surface area contributed by atoms with Gasteiger partial charge in [-0.25, -0.2) is 13.8 Å². The molecule has 32 heavy (non-hydrogen) atoms. The number of rotatable bonds is 6. The second kappa shape index (κ2) is 8.37.